The molecule has 0 aliphatic rings. The first-order valence-corrected chi connectivity index (χ1v) is 7.79. The molecule has 3 nitrogen and oxygen atoms in total. The van der Waals surface area contributed by atoms with E-state index in [1.807, 2.05) is 18.2 Å². The molecule has 2 N–H and O–H groups in total. The van der Waals surface area contributed by atoms with Gasteiger partial charge in [0, 0.05) is 22.3 Å². The number of hydrogen-bond acceptors (Lipinski definition) is 4. The van der Waals surface area contributed by atoms with Crippen molar-refractivity contribution in [3.63, 3.8) is 0 Å². The second kappa shape index (κ2) is 7.38. The molecule has 0 aromatic heterocycles. The summed E-state index contributed by atoms with van der Waals surface area (Å²) >= 11 is 1.74. The van der Waals surface area contributed by atoms with Crippen molar-refractivity contribution in [2.45, 2.75) is 17.9 Å². The molecule has 0 aliphatic carbocycles. The summed E-state index contributed by atoms with van der Waals surface area (Å²) in [6.45, 7) is 2.08. The molecule has 1 unspecified atom stereocenters. The Balaban J connectivity index is 2.08. The van der Waals surface area contributed by atoms with E-state index in [2.05, 4.69) is 31.2 Å². The van der Waals surface area contributed by atoms with Gasteiger partial charge in [-0.3, -0.25) is 0 Å². The van der Waals surface area contributed by atoms with Gasteiger partial charge in [-0.2, -0.15) is 0 Å². The molecular weight excluding hydrogens is 282 g/mol. The number of aryl methyl sites for hydroxylation is 1. The minimum atomic E-state index is -0.110. The molecule has 2 rings (SSSR count). The highest BCUT2D eigenvalue weighted by molar-refractivity contribution is 7.99. The molecule has 0 aliphatic heterocycles. The SMILES string of the molecule is COc1ccc(OC)c(C(N)CSc2ccc(C)cc2)c1. The van der Waals surface area contributed by atoms with Gasteiger partial charge >= 0.3 is 0 Å². The van der Waals surface area contributed by atoms with Crippen LogP contribution in [-0.2, 0) is 0 Å². The fourth-order valence-electron chi connectivity index (χ4n) is 2.04. The number of rotatable bonds is 6. The Morgan fingerprint density at radius 1 is 1.05 bits per heavy atom. The number of nitrogens with two attached hydrogens (primary N) is 1. The van der Waals surface area contributed by atoms with Gasteiger partial charge in [0.1, 0.15) is 11.5 Å². The molecule has 0 bridgehead atoms. The lowest BCUT2D eigenvalue weighted by Gasteiger charge is -2.16. The molecular formula is C17H21NO2S. The number of ether oxygens (including phenoxy) is 2. The van der Waals surface area contributed by atoms with Crippen LogP contribution in [0.1, 0.15) is 17.2 Å². The summed E-state index contributed by atoms with van der Waals surface area (Å²) in [5, 5.41) is 0. The van der Waals surface area contributed by atoms with E-state index < -0.39 is 0 Å². The van der Waals surface area contributed by atoms with Gasteiger partial charge in [-0.1, -0.05) is 17.7 Å². The van der Waals surface area contributed by atoms with E-state index in [0.717, 1.165) is 22.8 Å². The zero-order chi connectivity index (χ0) is 15.2. The number of thioether (sulfide) groups is 1. The molecule has 0 amide bonds. The molecule has 0 saturated heterocycles. The molecule has 0 radical (unpaired) electrons. The highest BCUT2D eigenvalue weighted by atomic mass is 32.2. The topological polar surface area (TPSA) is 44.5 Å². The van der Waals surface area contributed by atoms with Crippen LogP contribution in [0.5, 0.6) is 11.5 Å². The third-order valence-electron chi connectivity index (χ3n) is 3.29. The molecule has 112 valence electrons. The Morgan fingerprint density at radius 2 is 1.76 bits per heavy atom. The highest BCUT2D eigenvalue weighted by Gasteiger charge is 2.13. The van der Waals surface area contributed by atoms with Gasteiger partial charge in [0.05, 0.1) is 14.2 Å². The van der Waals surface area contributed by atoms with Crippen molar-refractivity contribution in [1.29, 1.82) is 0 Å². The van der Waals surface area contributed by atoms with Crippen molar-refractivity contribution in [2.75, 3.05) is 20.0 Å². The molecule has 1 atom stereocenters. The van der Waals surface area contributed by atoms with Crippen LogP contribution in [-0.4, -0.2) is 20.0 Å². The Labute approximate surface area is 130 Å². The van der Waals surface area contributed by atoms with Crippen LogP contribution in [0.15, 0.2) is 47.4 Å². The van der Waals surface area contributed by atoms with E-state index in [1.165, 1.54) is 10.5 Å². The second-order valence-electron chi connectivity index (χ2n) is 4.84. The Morgan fingerprint density at radius 3 is 2.38 bits per heavy atom. The Kier molecular flexibility index (Phi) is 5.53. The third kappa shape index (κ3) is 4.16. The maximum Gasteiger partial charge on any atom is 0.123 e. The van der Waals surface area contributed by atoms with Crippen molar-refractivity contribution < 1.29 is 9.47 Å². The lowest BCUT2D eigenvalue weighted by molar-refractivity contribution is 0.396. The summed E-state index contributed by atoms with van der Waals surface area (Å²) in [5.74, 6) is 2.38. The van der Waals surface area contributed by atoms with Gasteiger partial charge in [-0.05, 0) is 37.3 Å². The lowest BCUT2D eigenvalue weighted by Crippen LogP contribution is -2.14. The first-order valence-electron chi connectivity index (χ1n) is 6.81. The largest absolute Gasteiger partial charge is 0.497 e. The first kappa shape index (κ1) is 15.7. The van der Waals surface area contributed by atoms with Crippen molar-refractivity contribution in [2.24, 2.45) is 5.73 Å². The average Bonchev–Trinajstić information content (AvgIpc) is 2.53. The predicted octanol–water partition coefficient (Wildman–Crippen LogP) is 3.80. The maximum atomic E-state index is 6.32. The van der Waals surface area contributed by atoms with Gasteiger partial charge in [0.15, 0.2) is 0 Å². The van der Waals surface area contributed by atoms with Crippen LogP contribution in [0.2, 0.25) is 0 Å². The van der Waals surface area contributed by atoms with Crippen LogP contribution < -0.4 is 15.2 Å². The summed E-state index contributed by atoms with van der Waals surface area (Å²) in [6, 6.07) is 14.1. The molecule has 2 aromatic carbocycles. The van der Waals surface area contributed by atoms with Crippen LogP contribution in [0, 0.1) is 6.92 Å². The van der Waals surface area contributed by atoms with Crippen LogP contribution in [0.3, 0.4) is 0 Å². The standard InChI is InChI=1S/C17H21NO2S/c1-12-4-7-14(8-5-12)21-11-16(18)15-10-13(19-2)6-9-17(15)20-3/h4-10,16H,11,18H2,1-3H3. The van der Waals surface area contributed by atoms with Crippen LogP contribution in [0.4, 0.5) is 0 Å². The van der Waals surface area contributed by atoms with E-state index in [9.17, 15) is 0 Å². The summed E-state index contributed by atoms with van der Waals surface area (Å²) in [5.41, 5.74) is 8.55. The molecule has 21 heavy (non-hydrogen) atoms. The molecule has 4 heteroatoms. The molecule has 2 aromatic rings. The van der Waals surface area contributed by atoms with Crippen molar-refractivity contribution >= 4 is 11.8 Å². The van der Waals surface area contributed by atoms with Gasteiger partial charge in [0.2, 0.25) is 0 Å². The monoisotopic (exact) mass is 303 g/mol. The van der Waals surface area contributed by atoms with Crippen molar-refractivity contribution in [3.8, 4) is 11.5 Å². The maximum absolute atomic E-state index is 6.32. The molecule has 0 spiro atoms. The first-order chi connectivity index (χ1) is 10.1. The van der Waals surface area contributed by atoms with E-state index in [-0.39, 0.29) is 6.04 Å². The fourth-order valence-corrected chi connectivity index (χ4v) is 2.92. The normalized spacial score (nSPS) is 12.0. The quantitative estimate of drug-likeness (QED) is 0.824. The van der Waals surface area contributed by atoms with E-state index in [0.29, 0.717) is 0 Å². The summed E-state index contributed by atoms with van der Waals surface area (Å²) < 4.78 is 10.7. The van der Waals surface area contributed by atoms with Gasteiger partial charge in [-0.15, -0.1) is 11.8 Å². The summed E-state index contributed by atoms with van der Waals surface area (Å²) in [7, 11) is 3.31. The van der Waals surface area contributed by atoms with Gasteiger partial charge in [0.25, 0.3) is 0 Å². The summed E-state index contributed by atoms with van der Waals surface area (Å²) in [6.07, 6.45) is 0. The fraction of sp³-hybridized carbons (Fsp3) is 0.294. The third-order valence-corrected chi connectivity index (χ3v) is 4.42. The van der Waals surface area contributed by atoms with E-state index in [4.69, 9.17) is 15.2 Å². The Bertz CT molecular complexity index is 584. The second-order valence-corrected chi connectivity index (χ2v) is 5.93. The van der Waals surface area contributed by atoms with E-state index in [1.54, 1.807) is 26.0 Å². The minimum Gasteiger partial charge on any atom is -0.497 e. The molecule has 0 fully saturated rings. The number of methoxy groups -OCH3 is 2. The smallest absolute Gasteiger partial charge is 0.123 e. The molecule has 0 heterocycles. The van der Waals surface area contributed by atoms with Crippen LogP contribution >= 0.6 is 11.8 Å². The van der Waals surface area contributed by atoms with Crippen LogP contribution in [0.25, 0.3) is 0 Å². The van der Waals surface area contributed by atoms with Crippen molar-refractivity contribution in [3.05, 3.63) is 53.6 Å². The lowest BCUT2D eigenvalue weighted by atomic mass is 10.1. The Hall–Kier alpha value is -1.65. The van der Waals surface area contributed by atoms with Gasteiger partial charge < -0.3 is 15.2 Å². The van der Waals surface area contributed by atoms with Gasteiger partial charge in [-0.25, -0.2) is 0 Å². The average molecular weight is 303 g/mol. The zero-order valence-corrected chi connectivity index (χ0v) is 13.4. The summed E-state index contributed by atoms with van der Waals surface area (Å²) in [4.78, 5) is 1.22. The number of benzene rings is 2. The number of hydrogen-bond donors (Lipinski definition) is 1. The highest BCUT2D eigenvalue weighted by Crippen LogP contribution is 2.31. The zero-order valence-electron chi connectivity index (χ0n) is 12.6. The predicted molar refractivity (Wildman–Crippen MR) is 88.4 cm³/mol. The molecule has 0 saturated carbocycles. The van der Waals surface area contributed by atoms with Crippen molar-refractivity contribution in [1.82, 2.24) is 0 Å². The van der Waals surface area contributed by atoms with E-state index >= 15 is 0 Å². The minimum absolute atomic E-state index is 0.110.